The molecule has 0 aromatic rings. The third-order valence-corrected chi connectivity index (χ3v) is 15.5. The summed E-state index contributed by atoms with van der Waals surface area (Å²) in [5.74, 6) is 1.70. The molecule has 0 saturated heterocycles. The predicted molar refractivity (Wildman–Crippen MR) is 237 cm³/mol. The van der Waals surface area contributed by atoms with Gasteiger partial charge in [0.05, 0.1) is 30.2 Å². The van der Waals surface area contributed by atoms with Crippen molar-refractivity contribution in [2.75, 3.05) is 0 Å². The molecule has 4 nitrogen and oxygen atoms in total. The number of nitrogens with zero attached hydrogens (tertiary/aromatic N) is 4. The summed E-state index contributed by atoms with van der Waals surface area (Å²) in [5.41, 5.74) is 15.4. The molecular formula is C54H58N4. The zero-order valence-corrected chi connectivity index (χ0v) is 34.0. The molecule has 0 bridgehead atoms. The summed E-state index contributed by atoms with van der Waals surface area (Å²) in [6.45, 7) is 0. The quantitative estimate of drug-likeness (QED) is 0.250. The Morgan fingerprint density at radius 3 is 2.29 bits per heavy atom. The van der Waals surface area contributed by atoms with Gasteiger partial charge in [0.1, 0.15) is 0 Å². The van der Waals surface area contributed by atoms with E-state index in [0.29, 0.717) is 41.9 Å². The van der Waals surface area contributed by atoms with Gasteiger partial charge in [-0.2, -0.15) is 0 Å². The van der Waals surface area contributed by atoms with Gasteiger partial charge in [-0.15, -0.1) is 0 Å². The smallest absolute Gasteiger partial charge is 0.0626 e. The minimum Gasteiger partial charge on any atom is -0.361 e. The van der Waals surface area contributed by atoms with Crippen molar-refractivity contribution in [3.8, 4) is 0 Å². The van der Waals surface area contributed by atoms with Gasteiger partial charge in [0.15, 0.2) is 0 Å². The number of fused-ring (bicyclic) bond motifs is 6. The van der Waals surface area contributed by atoms with Crippen molar-refractivity contribution in [2.45, 2.75) is 120 Å². The van der Waals surface area contributed by atoms with E-state index in [2.05, 4.69) is 153 Å². The van der Waals surface area contributed by atoms with Gasteiger partial charge in [-0.05, 0) is 137 Å². The van der Waals surface area contributed by atoms with E-state index in [9.17, 15) is 0 Å². The lowest BCUT2D eigenvalue weighted by atomic mass is 9.83. The molecule has 294 valence electrons. The average Bonchev–Trinajstić information content (AvgIpc) is 3.93. The van der Waals surface area contributed by atoms with Crippen LogP contribution in [0, 0.1) is 17.8 Å². The van der Waals surface area contributed by atoms with Crippen molar-refractivity contribution in [3.63, 3.8) is 0 Å². The SMILES string of the molecule is C1=CC2C3=C(CCC=C3)N(C3=CCC(N(C4=CCC(N5C6=C(CCCC6)C6C=CC=CC65)C=C4)C4=CC=C(N5C6=C(CCC=C6)C6CCC=CC65)CC4)C=C3)C2C=C1. The summed E-state index contributed by atoms with van der Waals surface area (Å²) < 4.78 is 0. The summed E-state index contributed by atoms with van der Waals surface area (Å²) in [4.78, 5) is 11.0. The molecule has 12 rings (SSSR count). The first-order valence-corrected chi connectivity index (χ1v) is 23.0. The molecule has 4 heteroatoms. The van der Waals surface area contributed by atoms with Gasteiger partial charge in [-0.1, -0.05) is 103 Å². The molecule has 0 aromatic carbocycles. The third-order valence-electron chi connectivity index (χ3n) is 15.5. The van der Waals surface area contributed by atoms with Crippen LogP contribution in [-0.4, -0.2) is 49.8 Å². The fourth-order valence-electron chi connectivity index (χ4n) is 13.0. The van der Waals surface area contributed by atoms with E-state index in [1.54, 1.807) is 16.8 Å². The highest BCUT2D eigenvalue weighted by molar-refractivity contribution is 5.49. The maximum absolute atomic E-state index is 2.82. The molecular weight excluding hydrogens is 705 g/mol. The second-order valence-electron chi connectivity index (χ2n) is 18.5. The fraction of sp³-hybridized carbons (Fsp3) is 0.407. The minimum atomic E-state index is 0.278. The van der Waals surface area contributed by atoms with Crippen LogP contribution in [0.1, 0.15) is 89.9 Å². The van der Waals surface area contributed by atoms with Crippen molar-refractivity contribution < 1.29 is 0 Å². The Labute approximate surface area is 346 Å². The van der Waals surface area contributed by atoms with Gasteiger partial charge >= 0.3 is 0 Å². The van der Waals surface area contributed by atoms with Crippen LogP contribution in [0.3, 0.4) is 0 Å². The van der Waals surface area contributed by atoms with Gasteiger partial charge < -0.3 is 19.6 Å². The van der Waals surface area contributed by atoms with Crippen molar-refractivity contribution in [1.29, 1.82) is 0 Å². The number of hydrogen-bond donors (Lipinski definition) is 0. The topological polar surface area (TPSA) is 13.0 Å². The Bertz CT molecular complexity index is 2280. The number of allylic oxidation sites excluding steroid dienone is 17. The summed E-state index contributed by atoms with van der Waals surface area (Å²) >= 11 is 0. The largest absolute Gasteiger partial charge is 0.361 e. The van der Waals surface area contributed by atoms with Gasteiger partial charge in [0.2, 0.25) is 0 Å². The molecule has 0 aromatic heterocycles. The van der Waals surface area contributed by atoms with E-state index in [-0.39, 0.29) is 6.04 Å². The third kappa shape index (κ3) is 5.60. The Kier molecular flexibility index (Phi) is 8.69. The minimum absolute atomic E-state index is 0.278. The second-order valence-corrected chi connectivity index (χ2v) is 18.5. The summed E-state index contributed by atoms with van der Waals surface area (Å²) in [6, 6.07) is 2.02. The summed E-state index contributed by atoms with van der Waals surface area (Å²) in [7, 11) is 0. The van der Waals surface area contributed by atoms with Crippen LogP contribution in [0.2, 0.25) is 0 Å². The molecule has 58 heavy (non-hydrogen) atoms. The Balaban J connectivity index is 0.860. The van der Waals surface area contributed by atoms with Crippen LogP contribution in [0.4, 0.5) is 0 Å². The van der Waals surface area contributed by atoms with Crippen molar-refractivity contribution >= 4 is 0 Å². The van der Waals surface area contributed by atoms with Gasteiger partial charge in [-0.25, -0.2) is 0 Å². The lowest BCUT2D eigenvalue weighted by Crippen LogP contribution is -2.41. The predicted octanol–water partition coefficient (Wildman–Crippen LogP) is 11.8. The Morgan fingerprint density at radius 2 is 1.43 bits per heavy atom. The van der Waals surface area contributed by atoms with Crippen LogP contribution < -0.4 is 0 Å². The maximum Gasteiger partial charge on any atom is 0.0626 e. The first-order chi connectivity index (χ1) is 28.8. The molecule has 3 aliphatic heterocycles. The van der Waals surface area contributed by atoms with E-state index < -0.39 is 0 Å². The molecule has 9 aliphatic carbocycles. The number of hydrogen-bond acceptors (Lipinski definition) is 4. The van der Waals surface area contributed by atoms with Gasteiger partial charge in [0.25, 0.3) is 0 Å². The first kappa shape index (κ1) is 35.0. The van der Waals surface area contributed by atoms with Gasteiger partial charge in [0, 0.05) is 57.6 Å². The van der Waals surface area contributed by atoms with Crippen LogP contribution in [0.15, 0.2) is 190 Å². The number of rotatable bonds is 6. The molecule has 8 unspecified atom stereocenters. The maximum atomic E-state index is 2.82. The molecule has 0 fully saturated rings. The van der Waals surface area contributed by atoms with E-state index in [0.717, 1.165) is 38.5 Å². The fourth-order valence-corrected chi connectivity index (χ4v) is 13.0. The molecule has 0 radical (unpaired) electrons. The lowest BCUT2D eigenvalue weighted by Gasteiger charge is -2.42. The van der Waals surface area contributed by atoms with E-state index >= 15 is 0 Å². The van der Waals surface area contributed by atoms with Crippen molar-refractivity contribution in [2.24, 2.45) is 17.8 Å². The van der Waals surface area contributed by atoms with Crippen LogP contribution >= 0.6 is 0 Å². The molecule has 12 aliphatic rings. The molecule has 0 spiro atoms. The van der Waals surface area contributed by atoms with E-state index in [1.165, 1.54) is 91.1 Å². The van der Waals surface area contributed by atoms with E-state index in [1.807, 2.05) is 0 Å². The highest BCUT2D eigenvalue weighted by atomic mass is 15.2. The zero-order valence-electron chi connectivity index (χ0n) is 34.0. The highest BCUT2D eigenvalue weighted by Crippen LogP contribution is 2.50. The average molecular weight is 763 g/mol. The molecule has 0 amide bonds. The van der Waals surface area contributed by atoms with Crippen LogP contribution in [0.5, 0.6) is 0 Å². The standard InChI is InChI=1S/C54H58N4/c1-7-19-49-43(13-1)44-14-2-8-20-50(44)56(49)40-31-25-37(26-32-40)55(38-27-33-41(34-28-38)57-51-21-9-3-15-45(51)46-16-4-10-22-52(46)57)39-29-35-42(36-30-39)58-53-23-11-5-17-47(53)48-18-6-12-24-54(48)58/h1-3,7,9,11-15,19,21,23-25,27-29,31-33,35,37,41,43,45,47,49,51,53H,4-6,8,10,16-18,20,22,26,30,34,36H2. The molecule has 8 atom stereocenters. The van der Waals surface area contributed by atoms with Crippen LogP contribution in [-0.2, 0) is 0 Å². The van der Waals surface area contributed by atoms with Gasteiger partial charge in [-0.3, -0.25) is 0 Å². The highest BCUT2D eigenvalue weighted by Gasteiger charge is 2.44. The van der Waals surface area contributed by atoms with Crippen molar-refractivity contribution in [1.82, 2.24) is 19.6 Å². The second kappa shape index (κ2) is 14.4. The van der Waals surface area contributed by atoms with Crippen LogP contribution in [0.25, 0.3) is 0 Å². The summed E-state index contributed by atoms with van der Waals surface area (Å²) in [5, 5.41) is 0. The Morgan fingerprint density at radius 1 is 0.569 bits per heavy atom. The summed E-state index contributed by atoms with van der Waals surface area (Å²) in [6.07, 6.45) is 70.3. The molecule has 0 N–H and O–H groups in total. The molecule has 0 saturated carbocycles. The van der Waals surface area contributed by atoms with Crippen molar-refractivity contribution in [3.05, 3.63) is 190 Å². The molecule has 3 heterocycles. The zero-order chi connectivity index (χ0) is 38.2. The Hall–Kier alpha value is -4.96. The monoisotopic (exact) mass is 762 g/mol. The van der Waals surface area contributed by atoms with E-state index in [4.69, 9.17) is 0 Å². The first-order valence-electron chi connectivity index (χ1n) is 23.0. The lowest BCUT2D eigenvalue weighted by molar-refractivity contribution is 0.240. The normalized spacial score (nSPS) is 35.1.